The molecule has 1 aromatic heterocycles. The molecule has 5 heteroatoms. The van der Waals surface area contributed by atoms with Gasteiger partial charge in [-0.3, -0.25) is 4.90 Å². The minimum atomic E-state index is -0.176. The average Bonchev–Trinajstić information content (AvgIpc) is 2.55. The molecule has 22 heavy (non-hydrogen) atoms. The average molecular weight is 303 g/mol. The van der Waals surface area contributed by atoms with Gasteiger partial charge >= 0.3 is 0 Å². The summed E-state index contributed by atoms with van der Waals surface area (Å²) >= 11 is 0. The maximum atomic E-state index is 13.9. The number of nitrogens with zero attached hydrogens (tertiary/aromatic N) is 2. The smallest absolute Gasteiger partial charge is 0.130 e. The first-order valence-electron chi connectivity index (χ1n) is 7.31. The number of pyridine rings is 1. The van der Waals surface area contributed by atoms with Gasteiger partial charge < -0.3 is 10.1 Å². The predicted octanol–water partition coefficient (Wildman–Crippen LogP) is 2.91. The molecule has 0 bridgehead atoms. The number of ether oxygens (including phenoxy) is 1. The summed E-state index contributed by atoms with van der Waals surface area (Å²) in [4.78, 5) is 6.46. The highest BCUT2D eigenvalue weighted by molar-refractivity contribution is 5.42. The Morgan fingerprint density at radius 1 is 1.14 bits per heavy atom. The second-order valence-electron chi connectivity index (χ2n) is 5.06. The van der Waals surface area contributed by atoms with E-state index in [2.05, 4.69) is 15.2 Å². The van der Waals surface area contributed by atoms with E-state index in [0.29, 0.717) is 25.3 Å². The van der Waals surface area contributed by atoms with Crippen molar-refractivity contribution in [2.75, 3.05) is 32.6 Å². The van der Waals surface area contributed by atoms with Crippen molar-refractivity contribution in [1.82, 2.24) is 9.88 Å². The molecule has 0 saturated carbocycles. The van der Waals surface area contributed by atoms with Crippen LogP contribution in [0.5, 0.6) is 0 Å². The molecule has 118 valence electrons. The zero-order valence-electron chi connectivity index (χ0n) is 13.1. The first-order chi connectivity index (χ1) is 10.7. The van der Waals surface area contributed by atoms with Crippen LogP contribution in [-0.4, -0.2) is 37.2 Å². The largest absolute Gasteiger partial charge is 0.383 e. The summed E-state index contributed by atoms with van der Waals surface area (Å²) in [6.07, 6.45) is 1.76. The van der Waals surface area contributed by atoms with Crippen molar-refractivity contribution in [1.29, 1.82) is 0 Å². The number of nitrogens with one attached hydrogen (secondary N) is 1. The maximum absolute atomic E-state index is 13.9. The molecule has 2 aromatic rings. The lowest BCUT2D eigenvalue weighted by atomic mass is 10.1. The first kappa shape index (κ1) is 16.4. The third-order valence-electron chi connectivity index (χ3n) is 3.49. The molecule has 0 aliphatic rings. The third-order valence-corrected chi connectivity index (χ3v) is 3.49. The number of rotatable bonds is 8. The van der Waals surface area contributed by atoms with Crippen LogP contribution in [0.25, 0.3) is 0 Å². The standard InChI is InChI=1S/C17H22FN3O/c1-19-17-15(7-5-9-20-17)13-21(10-11-22-2)12-14-6-3-4-8-16(14)18/h3-9H,10-13H2,1-2H3,(H,19,20). The number of hydrogen-bond donors (Lipinski definition) is 1. The van der Waals surface area contributed by atoms with Gasteiger partial charge in [0.15, 0.2) is 0 Å². The number of aromatic nitrogens is 1. The molecule has 0 atom stereocenters. The van der Waals surface area contributed by atoms with Gasteiger partial charge in [-0.1, -0.05) is 24.3 Å². The van der Waals surface area contributed by atoms with E-state index in [1.807, 2.05) is 31.3 Å². The van der Waals surface area contributed by atoms with Crippen LogP contribution >= 0.6 is 0 Å². The Kier molecular flexibility index (Phi) is 6.30. The maximum Gasteiger partial charge on any atom is 0.130 e. The Morgan fingerprint density at radius 3 is 2.59 bits per heavy atom. The van der Waals surface area contributed by atoms with E-state index in [1.54, 1.807) is 19.4 Å². The highest BCUT2D eigenvalue weighted by atomic mass is 19.1. The molecule has 1 aromatic carbocycles. The lowest BCUT2D eigenvalue weighted by Crippen LogP contribution is -2.27. The fraction of sp³-hybridized carbons (Fsp3) is 0.353. The van der Waals surface area contributed by atoms with E-state index in [1.165, 1.54) is 6.07 Å². The summed E-state index contributed by atoms with van der Waals surface area (Å²) in [5.41, 5.74) is 1.77. The van der Waals surface area contributed by atoms with Crippen molar-refractivity contribution in [2.45, 2.75) is 13.1 Å². The molecule has 0 saturated heterocycles. The first-order valence-corrected chi connectivity index (χ1v) is 7.31. The minimum Gasteiger partial charge on any atom is -0.383 e. The van der Waals surface area contributed by atoms with E-state index in [9.17, 15) is 4.39 Å². The second-order valence-corrected chi connectivity index (χ2v) is 5.06. The summed E-state index contributed by atoms with van der Waals surface area (Å²) in [5, 5.41) is 3.09. The van der Waals surface area contributed by atoms with E-state index >= 15 is 0 Å². The van der Waals surface area contributed by atoms with Gasteiger partial charge in [-0.05, 0) is 12.1 Å². The molecule has 1 N–H and O–H groups in total. The highest BCUT2D eigenvalue weighted by Gasteiger charge is 2.12. The molecule has 0 fully saturated rings. The molecular weight excluding hydrogens is 281 g/mol. The van der Waals surface area contributed by atoms with Crippen LogP contribution in [0.15, 0.2) is 42.6 Å². The second kappa shape index (κ2) is 8.46. The number of anilines is 1. The van der Waals surface area contributed by atoms with Crippen LogP contribution in [0.1, 0.15) is 11.1 Å². The lowest BCUT2D eigenvalue weighted by Gasteiger charge is -2.23. The Bertz CT molecular complexity index is 592. The Morgan fingerprint density at radius 2 is 1.86 bits per heavy atom. The number of halogens is 1. The molecule has 0 unspecified atom stereocenters. The SMILES string of the molecule is CNc1ncccc1CN(CCOC)Cc1ccccc1F. The van der Waals surface area contributed by atoms with E-state index < -0.39 is 0 Å². The van der Waals surface area contributed by atoms with Crippen LogP contribution in [-0.2, 0) is 17.8 Å². The Hall–Kier alpha value is -1.98. The number of methoxy groups -OCH3 is 1. The molecule has 1 heterocycles. The molecule has 0 spiro atoms. The van der Waals surface area contributed by atoms with Crippen LogP contribution in [0.3, 0.4) is 0 Å². The molecule has 4 nitrogen and oxygen atoms in total. The van der Waals surface area contributed by atoms with E-state index in [-0.39, 0.29) is 5.82 Å². The van der Waals surface area contributed by atoms with Crippen molar-refractivity contribution in [2.24, 2.45) is 0 Å². The summed E-state index contributed by atoms with van der Waals surface area (Å²) in [6.45, 7) is 2.54. The quantitative estimate of drug-likeness (QED) is 0.813. The normalized spacial score (nSPS) is 10.9. The topological polar surface area (TPSA) is 37.4 Å². The van der Waals surface area contributed by atoms with E-state index in [0.717, 1.165) is 17.9 Å². The summed E-state index contributed by atoms with van der Waals surface area (Å²) in [6, 6.07) is 10.8. The van der Waals surface area contributed by atoms with Crippen molar-refractivity contribution in [3.63, 3.8) is 0 Å². The van der Waals surface area contributed by atoms with Gasteiger partial charge in [0.2, 0.25) is 0 Å². The molecule has 0 aliphatic heterocycles. The van der Waals surface area contributed by atoms with Crippen molar-refractivity contribution in [3.05, 3.63) is 59.5 Å². The third kappa shape index (κ3) is 4.51. The summed E-state index contributed by atoms with van der Waals surface area (Å²) in [5.74, 6) is 0.670. The fourth-order valence-corrected chi connectivity index (χ4v) is 2.33. The van der Waals surface area contributed by atoms with Crippen molar-refractivity contribution < 1.29 is 9.13 Å². The minimum absolute atomic E-state index is 0.176. The Labute approximate surface area is 130 Å². The van der Waals surface area contributed by atoms with Gasteiger partial charge in [0.1, 0.15) is 11.6 Å². The monoisotopic (exact) mass is 303 g/mol. The zero-order valence-corrected chi connectivity index (χ0v) is 13.1. The van der Waals surface area contributed by atoms with Crippen LogP contribution in [0, 0.1) is 5.82 Å². The van der Waals surface area contributed by atoms with Crippen LogP contribution in [0.2, 0.25) is 0 Å². The lowest BCUT2D eigenvalue weighted by molar-refractivity contribution is 0.139. The zero-order chi connectivity index (χ0) is 15.8. The molecule has 0 radical (unpaired) electrons. The number of hydrogen-bond acceptors (Lipinski definition) is 4. The van der Waals surface area contributed by atoms with E-state index in [4.69, 9.17) is 4.74 Å². The molecule has 0 amide bonds. The summed E-state index contributed by atoms with van der Waals surface area (Å²) < 4.78 is 19.0. The van der Waals surface area contributed by atoms with Crippen molar-refractivity contribution in [3.8, 4) is 0 Å². The fourth-order valence-electron chi connectivity index (χ4n) is 2.33. The Balaban J connectivity index is 2.14. The van der Waals surface area contributed by atoms with Gasteiger partial charge in [0, 0.05) is 51.1 Å². The van der Waals surface area contributed by atoms with Crippen LogP contribution in [0.4, 0.5) is 10.2 Å². The van der Waals surface area contributed by atoms with Gasteiger partial charge in [-0.15, -0.1) is 0 Å². The van der Waals surface area contributed by atoms with Crippen molar-refractivity contribution >= 4 is 5.82 Å². The molecule has 0 aliphatic carbocycles. The molecular formula is C17H22FN3O. The van der Waals surface area contributed by atoms with Gasteiger partial charge in [-0.25, -0.2) is 9.37 Å². The number of benzene rings is 1. The van der Waals surface area contributed by atoms with Gasteiger partial charge in [0.05, 0.1) is 6.61 Å². The highest BCUT2D eigenvalue weighted by Crippen LogP contribution is 2.16. The molecule has 2 rings (SSSR count). The predicted molar refractivity (Wildman–Crippen MR) is 86.2 cm³/mol. The van der Waals surface area contributed by atoms with Gasteiger partial charge in [-0.2, -0.15) is 0 Å². The van der Waals surface area contributed by atoms with Crippen LogP contribution < -0.4 is 5.32 Å². The summed E-state index contributed by atoms with van der Waals surface area (Å²) in [7, 11) is 3.52. The van der Waals surface area contributed by atoms with Gasteiger partial charge in [0.25, 0.3) is 0 Å².